The van der Waals surface area contributed by atoms with Gasteiger partial charge in [0.05, 0.1) is 29.0 Å². The van der Waals surface area contributed by atoms with E-state index in [0.717, 1.165) is 51.3 Å². The number of rotatable bonds is 5. The molecule has 4 rings (SSSR count). The predicted molar refractivity (Wildman–Crippen MR) is 114 cm³/mol. The van der Waals surface area contributed by atoms with Crippen LogP contribution in [0.25, 0.3) is 10.9 Å². The normalized spacial score (nSPS) is 23.3. The van der Waals surface area contributed by atoms with Gasteiger partial charge in [-0.3, -0.25) is 9.88 Å². The molecule has 0 aliphatic carbocycles. The summed E-state index contributed by atoms with van der Waals surface area (Å²) in [5, 5.41) is 10.3. The number of fused-ring (bicyclic) bond motifs is 1. The molecule has 8 heteroatoms. The molecule has 31 heavy (non-hydrogen) atoms. The number of ether oxygens (including phenoxy) is 2. The van der Waals surface area contributed by atoms with Crippen molar-refractivity contribution in [3.63, 3.8) is 0 Å². The minimum Gasteiger partial charge on any atom is -0.435 e. The second kappa shape index (κ2) is 9.33. The molecule has 3 heterocycles. The van der Waals surface area contributed by atoms with Crippen molar-refractivity contribution in [3.8, 4) is 11.8 Å². The lowest BCUT2D eigenvalue weighted by atomic mass is 9.94. The molecule has 1 aromatic carbocycles. The summed E-state index contributed by atoms with van der Waals surface area (Å²) in [7, 11) is 0. The van der Waals surface area contributed by atoms with E-state index in [4.69, 9.17) is 4.74 Å². The van der Waals surface area contributed by atoms with E-state index in [1.54, 1.807) is 18.3 Å². The first kappa shape index (κ1) is 21.7. The van der Waals surface area contributed by atoms with Crippen LogP contribution in [0.15, 0.2) is 24.4 Å². The van der Waals surface area contributed by atoms with Crippen molar-refractivity contribution in [1.29, 1.82) is 5.26 Å². The van der Waals surface area contributed by atoms with Crippen molar-refractivity contribution in [1.82, 2.24) is 9.88 Å². The van der Waals surface area contributed by atoms with Crippen molar-refractivity contribution in [2.45, 2.75) is 45.5 Å². The van der Waals surface area contributed by atoms with E-state index < -0.39 is 6.61 Å². The Hall–Kier alpha value is -2.50. The van der Waals surface area contributed by atoms with Gasteiger partial charge < -0.3 is 14.4 Å². The maximum atomic E-state index is 12.7. The Morgan fingerprint density at radius 1 is 1.23 bits per heavy atom. The number of anilines is 1. The Bertz CT molecular complexity index is 946. The third kappa shape index (κ3) is 5.05. The number of aromatic nitrogens is 1. The Balaban J connectivity index is 1.50. The van der Waals surface area contributed by atoms with Crippen LogP contribution in [0.4, 0.5) is 14.5 Å². The van der Waals surface area contributed by atoms with Crippen molar-refractivity contribution >= 4 is 16.6 Å². The topological polar surface area (TPSA) is 61.6 Å². The van der Waals surface area contributed by atoms with Crippen molar-refractivity contribution in [2.24, 2.45) is 5.92 Å². The monoisotopic (exact) mass is 430 g/mol. The Morgan fingerprint density at radius 3 is 2.58 bits per heavy atom. The summed E-state index contributed by atoms with van der Waals surface area (Å²) in [6.07, 6.45) is 4.11. The van der Waals surface area contributed by atoms with Crippen LogP contribution in [0, 0.1) is 17.2 Å². The average Bonchev–Trinajstić information content (AvgIpc) is 2.72. The summed E-state index contributed by atoms with van der Waals surface area (Å²) in [5.41, 5.74) is 1.88. The predicted octanol–water partition coefficient (Wildman–Crippen LogP) is 4.03. The lowest BCUT2D eigenvalue weighted by molar-refractivity contribution is -0.0720. The summed E-state index contributed by atoms with van der Waals surface area (Å²) in [4.78, 5) is 9.01. The van der Waals surface area contributed by atoms with Crippen LogP contribution in [0.2, 0.25) is 0 Å². The number of nitrogens with zero attached hydrogens (tertiary/aromatic N) is 4. The van der Waals surface area contributed by atoms with Crippen molar-refractivity contribution in [2.75, 3.05) is 37.6 Å². The number of hydrogen-bond acceptors (Lipinski definition) is 6. The van der Waals surface area contributed by atoms with Gasteiger partial charge in [0.25, 0.3) is 0 Å². The molecule has 2 atom stereocenters. The second-order valence-electron chi connectivity index (χ2n) is 8.60. The Labute approximate surface area is 181 Å². The number of nitriles is 1. The molecule has 2 aliphatic rings. The summed E-state index contributed by atoms with van der Waals surface area (Å²) < 4.78 is 35.8. The van der Waals surface area contributed by atoms with Gasteiger partial charge in [-0.2, -0.15) is 14.0 Å². The number of pyridine rings is 1. The quantitative estimate of drug-likeness (QED) is 0.714. The first-order chi connectivity index (χ1) is 14.9. The molecule has 0 amide bonds. The molecule has 0 N–H and O–H groups in total. The standard InChI is InChI=1S/C23H28F2N4O2/c1-15-12-28(13-16(2)30-15)14-17-5-7-29(8-6-17)22-18(10-26)11-27-21-4-3-19(9-20(21)22)31-23(24)25/h3-4,9,11,15-17,23H,5-8,12-14H2,1-2H3. The van der Waals surface area contributed by atoms with Gasteiger partial charge in [0.2, 0.25) is 0 Å². The van der Waals surface area contributed by atoms with Crippen LogP contribution < -0.4 is 9.64 Å². The number of benzene rings is 1. The van der Waals surface area contributed by atoms with Crippen LogP contribution in [0.1, 0.15) is 32.3 Å². The van der Waals surface area contributed by atoms with Crippen LogP contribution >= 0.6 is 0 Å². The van der Waals surface area contributed by atoms with Crippen LogP contribution in [-0.2, 0) is 4.74 Å². The largest absolute Gasteiger partial charge is 0.435 e. The third-order valence-electron chi connectivity index (χ3n) is 6.10. The molecule has 0 spiro atoms. The first-order valence-corrected chi connectivity index (χ1v) is 10.8. The highest BCUT2D eigenvalue weighted by Crippen LogP contribution is 2.35. The zero-order valence-electron chi connectivity index (χ0n) is 17.9. The summed E-state index contributed by atoms with van der Waals surface area (Å²) in [6, 6.07) is 6.92. The van der Waals surface area contributed by atoms with Gasteiger partial charge >= 0.3 is 6.61 Å². The molecular weight excluding hydrogens is 402 g/mol. The van der Waals surface area contributed by atoms with Crippen LogP contribution in [0.3, 0.4) is 0 Å². The van der Waals surface area contributed by atoms with E-state index in [-0.39, 0.29) is 18.0 Å². The SMILES string of the molecule is CC1CN(CC2CCN(c3c(C#N)cnc4ccc(OC(F)F)cc34)CC2)CC(C)O1. The van der Waals surface area contributed by atoms with Gasteiger partial charge in [0.1, 0.15) is 11.8 Å². The van der Waals surface area contributed by atoms with Gasteiger partial charge in [-0.1, -0.05) is 0 Å². The van der Waals surface area contributed by atoms with Crippen LogP contribution in [-0.4, -0.2) is 61.4 Å². The zero-order chi connectivity index (χ0) is 22.0. The first-order valence-electron chi connectivity index (χ1n) is 10.8. The lowest BCUT2D eigenvalue weighted by Gasteiger charge is -2.40. The Morgan fingerprint density at radius 2 is 1.94 bits per heavy atom. The number of halogens is 2. The summed E-state index contributed by atoms with van der Waals surface area (Å²) >= 11 is 0. The smallest absolute Gasteiger partial charge is 0.387 e. The molecule has 2 aromatic rings. The number of hydrogen-bond donors (Lipinski definition) is 0. The molecular formula is C23H28F2N4O2. The molecule has 0 radical (unpaired) electrons. The molecule has 2 unspecified atom stereocenters. The van der Waals surface area contributed by atoms with Crippen LogP contribution in [0.5, 0.6) is 5.75 Å². The molecule has 2 fully saturated rings. The molecule has 0 saturated carbocycles. The van der Waals surface area contributed by atoms with Gasteiger partial charge in [-0.05, 0) is 50.8 Å². The van der Waals surface area contributed by atoms with Gasteiger partial charge in [-0.25, -0.2) is 0 Å². The van der Waals surface area contributed by atoms with Gasteiger partial charge in [0, 0.05) is 44.3 Å². The van der Waals surface area contributed by atoms with Gasteiger partial charge in [0.15, 0.2) is 0 Å². The van der Waals surface area contributed by atoms with E-state index in [0.29, 0.717) is 22.4 Å². The zero-order valence-corrected chi connectivity index (χ0v) is 17.9. The molecule has 6 nitrogen and oxygen atoms in total. The van der Waals surface area contributed by atoms with E-state index >= 15 is 0 Å². The number of morpholine rings is 1. The molecule has 0 bridgehead atoms. The fourth-order valence-electron chi connectivity index (χ4n) is 4.89. The summed E-state index contributed by atoms with van der Waals surface area (Å²) in [6.45, 7) is 5.96. The maximum Gasteiger partial charge on any atom is 0.387 e. The van der Waals surface area contributed by atoms with Crippen molar-refractivity contribution < 1.29 is 18.3 Å². The highest BCUT2D eigenvalue weighted by molar-refractivity contribution is 5.95. The van der Waals surface area contributed by atoms with Gasteiger partial charge in [-0.15, -0.1) is 0 Å². The summed E-state index contributed by atoms with van der Waals surface area (Å²) in [5.74, 6) is 0.663. The van der Waals surface area contributed by atoms with E-state index in [1.807, 2.05) is 0 Å². The second-order valence-corrected chi connectivity index (χ2v) is 8.60. The lowest BCUT2D eigenvalue weighted by Crippen LogP contribution is -2.48. The highest BCUT2D eigenvalue weighted by atomic mass is 19.3. The minimum atomic E-state index is -2.89. The number of alkyl halides is 2. The Kier molecular flexibility index (Phi) is 6.54. The van der Waals surface area contributed by atoms with E-state index in [1.165, 1.54) is 6.07 Å². The van der Waals surface area contributed by atoms with Crippen molar-refractivity contribution in [3.05, 3.63) is 30.0 Å². The molecule has 2 aliphatic heterocycles. The molecule has 2 saturated heterocycles. The van der Waals surface area contributed by atoms with E-state index in [9.17, 15) is 14.0 Å². The highest BCUT2D eigenvalue weighted by Gasteiger charge is 2.28. The number of piperidine rings is 1. The third-order valence-corrected chi connectivity index (χ3v) is 6.10. The van der Waals surface area contributed by atoms with E-state index in [2.05, 4.69) is 39.4 Å². The fraction of sp³-hybridized carbons (Fsp3) is 0.565. The minimum absolute atomic E-state index is 0.0751. The molecule has 166 valence electrons. The fourth-order valence-corrected chi connectivity index (χ4v) is 4.89. The molecule has 1 aromatic heterocycles. The average molecular weight is 430 g/mol. The maximum absolute atomic E-state index is 12.7.